The zero-order valence-corrected chi connectivity index (χ0v) is 15.9. The Kier molecular flexibility index (Phi) is 5.48. The first-order valence-electron chi connectivity index (χ1n) is 7.77. The van der Waals surface area contributed by atoms with E-state index < -0.39 is 10.0 Å². The summed E-state index contributed by atoms with van der Waals surface area (Å²) < 4.78 is 33.1. The molecule has 1 aromatic heterocycles. The summed E-state index contributed by atoms with van der Waals surface area (Å²) in [5, 5.41) is 0.806. The van der Waals surface area contributed by atoms with Crippen LogP contribution in [0.4, 0.5) is 0 Å². The second kappa shape index (κ2) is 7.45. The highest BCUT2D eigenvalue weighted by molar-refractivity contribution is 7.89. The predicted octanol–water partition coefficient (Wildman–Crippen LogP) is 3.32. The van der Waals surface area contributed by atoms with Crippen LogP contribution in [0.5, 0.6) is 6.01 Å². The molecule has 0 saturated carbocycles. The molecule has 1 unspecified atom stereocenters. The molecule has 25 heavy (non-hydrogen) atoms. The van der Waals surface area contributed by atoms with E-state index >= 15 is 0 Å². The average Bonchev–Trinajstić information content (AvgIpc) is 2.59. The standard InChI is InChI=1S/C16H17Cl2N3O3S/c1-11-4-5-12(17)7-15(11)25(22,23)21-6-2-3-14(10-21)24-16-19-8-13(18)9-20-16/h4-5,7-9,14H,2-3,6,10H2,1H3. The maximum absolute atomic E-state index is 13.0. The van der Waals surface area contributed by atoms with E-state index in [0.29, 0.717) is 28.6 Å². The van der Waals surface area contributed by atoms with Crippen molar-refractivity contribution >= 4 is 33.2 Å². The first kappa shape index (κ1) is 18.4. The summed E-state index contributed by atoms with van der Waals surface area (Å²) in [4.78, 5) is 8.21. The lowest BCUT2D eigenvalue weighted by Gasteiger charge is -2.31. The van der Waals surface area contributed by atoms with Crippen LogP contribution in [-0.4, -0.2) is 41.9 Å². The van der Waals surface area contributed by atoms with Gasteiger partial charge in [-0.1, -0.05) is 29.3 Å². The zero-order chi connectivity index (χ0) is 18.0. The number of sulfonamides is 1. The van der Waals surface area contributed by atoms with Gasteiger partial charge in [0.05, 0.1) is 28.9 Å². The van der Waals surface area contributed by atoms with Crippen LogP contribution in [0, 0.1) is 6.92 Å². The fourth-order valence-corrected chi connectivity index (χ4v) is 4.82. The number of nitrogens with zero attached hydrogens (tertiary/aromatic N) is 3. The van der Waals surface area contributed by atoms with Crippen molar-refractivity contribution in [3.8, 4) is 6.01 Å². The van der Waals surface area contributed by atoms with Crippen LogP contribution < -0.4 is 4.74 Å². The number of piperidine rings is 1. The third kappa shape index (κ3) is 4.23. The van der Waals surface area contributed by atoms with E-state index in [4.69, 9.17) is 27.9 Å². The van der Waals surface area contributed by atoms with Crippen molar-refractivity contribution in [2.45, 2.75) is 30.8 Å². The Hall–Kier alpha value is -1.41. The third-order valence-corrected chi connectivity index (χ3v) is 6.42. The first-order chi connectivity index (χ1) is 11.9. The molecule has 1 fully saturated rings. The van der Waals surface area contributed by atoms with Gasteiger partial charge in [0.2, 0.25) is 10.0 Å². The van der Waals surface area contributed by atoms with Crippen molar-refractivity contribution in [1.29, 1.82) is 0 Å². The molecule has 134 valence electrons. The van der Waals surface area contributed by atoms with Gasteiger partial charge >= 0.3 is 6.01 Å². The summed E-state index contributed by atoms with van der Waals surface area (Å²) in [6, 6.07) is 5.05. The molecule has 1 atom stereocenters. The van der Waals surface area contributed by atoms with Gasteiger partial charge in [0, 0.05) is 11.6 Å². The lowest BCUT2D eigenvalue weighted by atomic mass is 10.1. The molecule has 0 radical (unpaired) electrons. The highest BCUT2D eigenvalue weighted by Crippen LogP contribution is 2.27. The van der Waals surface area contributed by atoms with Crippen LogP contribution in [0.15, 0.2) is 35.5 Å². The molecular formula is C16H17Cl2N3O3S. The van der Waals surface area contributed by atoms with Gasteiger partial charge in [-0.25, -0.2) is 18.4 Å². The molecule has 0 spiro atoms. The molecule has 0 N–H and O–H groups in total. The van der Waals surface area contributed by atoms with Crippen molar-refractivity contribution < 1.29 is 13.2 Å². The summed E-state index contributed by atoms with van der Waals surface area (Å²) in [5.41, 5.74) is 0.661. The van der Waals surface area contributed by atoms with Crippen LogP contribution in [0.25, 0.3) is 0 Å². The number of hydrogen-bond acceptors (Lipinski definition) is 5. The Morgan fingerprint density at radius 3 is 2.64 bits per heavy atom. The van der Waals surface area contributed by atoms with Gasteiger partial charge in [-0.3, -0.25) is 0 Å². The minimum absolute atomic E-state index is 0.188. The molecular weight excluding hydrogens is 385 g/mol. The van der Waals surface area contributed by atoms with Gasteiger partial charge < -0.3 is 4.74 Å². The maximum atomic E-state index is 13.0. The third-order valence-electron chi connectivity index (χ3n) is 3.98. The average molecular weight is 402 g/mol. The molecule has 9 heteroatoms. The van der Waals surface area contributed by atoms with E-state index in [1.165, 1.54) is 22.8 Å². The largest absolute Gasteiger partial charge is 0.459 e. The second-order valence-electron chi connectivity index (χ2n) is 5.84. The molecule has 0 amide bonds. The number of rotatable bonds is 4. The number of halogens is 2. The van der Waals surface area contributed by atoms with E-state index in [2.05, 4.69) is 9.97 Å². The lowest BCUT2D eigenvalue weighted by Crippen LogP contribution is -2.44. The first-order valence-corrected chi connectivity index (χ1v) is 9.96. The highest BCUT2D eigenvalue weighted by atomic mass is 35.5. The van der Waals surface area contributed by atoms with E-state index in [1.54, 1.807) is 19.1 Å². The number of ether oxygens (including phenoxy) is 1. The molecule has 1 saturated heterocycles. The van der Waals surface area contributed by atoms with Crippen molar-refractivity contribution in [2.75, 3.05) is 13.1 Å². The highest BCUT2D eigenvalue weighted by Gasteiger charge is 2.32. The van der Waals surface area contributed by atoms with Gasteiger partial charge in [-0.2, -0.15) is 4.31 Å². The number of hydrogen-bond donors (Lipinski definition) is 0. The van der Waals surface area contributed by atoms with Gasteiger partial charge in [0.1, 0.15) is 6.10 Å². The molecule has 1 aromatic carbocycles. The van der Waals surface area contributed by atoms with Gasteiger partial charge in [-0.15, -0.1) is 0 Å². The molecule has 2 aromatic rings. The van der Waals surface area contributed by atoms with Gasteiger partial charge in [-0.05, 0) is 37.5 Å². The molecule has 1 aliphatic rings. The smallest absolute Gasteiger partial charge is 0.316 e. The quantitative estimate of drug-likeness (QED) is 0.785. The number of aromatic nitrogens is 2. The van der Waals surface area contributed by atoms with Crippen molar-refractivity contribution in [1.82, 2.24) is 14.3 Å². The molecule has 2 heterocycles. The van der Waals surface area contributed by atoms with Gasteiger partial charge in [0.25, 0.3) is 0 Å². The van der Waals surface area contributed by atoms with Crippen molar-refractivity contribution in [3.63, 3.8) is 0 Å². The topological polar surface area (TPSA) is 72.4 Å². The summed E-state index contributed by atoms with van der Waals surface area (Å²) in [6.07, 6.45) is 3.99. The van der Waals surface area contributed by atoms with Crippen LogP contribution >= 0.6 is 23.2 Å². The maximum Gasteiger partial charge on any atom is 0.316 e. The minimum Gasteiger partial charge on any atom is -0.459 e. The SMILES string of the molecule is Cc1ccc(Cl)cc1S(=O)(=O)N1CCCC(Oc2ncc(Cl)cn2)C1. The molecule has 3 rings (SSSR count). The number of aryl methyl sites for hydroxylation is 1. The van der Waals surface area contributed by atoms with Crippen molar-refractivity contribution in [2.24, 2.45) is 0 Å². The monoisotopic (exact) mass is 401 g/mol. The van der Waals surface area contributed by atoms with E-state index in [-0.39, 0.29) is 23.6 Å². The lowest BCUT2D eigenvalue weighted by molar-refractivity contribution is 0.119. The summed E-state index contributed by atoms with van der Waals surface area (Å²) in [5.74, 6) is 0. The van der Waals surface area contributed by atoms with E-state index in [1.807, 2.05) is 0 Å². The second-order valence-corrected chi connectivity index (χ2v) is 8.62. The Morgan fingerprint density at radius 2 is 1.92 bits per heavy atom. The Morgan fingerprint density at radius 1 is 1.20 bits per heavy atom. The fourth-order valence-electron chi connectivity index (χ4n) is 2.72. The van der Waals surface area contributed by atoms with E-state index in [0.717, 1.165) is 6.42 Å². The normalized spacial score (nSPS) is 18.9. The molecule has 1 aliphatic heterocycles. The summed E-state index contributed by atoms with van der Waals surface area (Å²) >= 11 is 11.7. The number of benzene rings is 1. The fraction of sp³-hybridized carbons (Fsp3) is 0.375. The Balaban J connectivity index is 1.78. The minimum atomic E-state index is -3.64. The molecule has 0 bridgehead atoms. The Labute approximate surface area is 156 Å². The zero-order valence-electron chi connectivity index (χ0n) is 13.5. The summed E-state index contributed by atoms with van der Waals surface area (Å²) in [6.45, 7) is 2.43. The molecule has 6 nitrogen and oxygen atoms in total. The van der Waals surface area contributed by atoms with Crippen LogP contribution in [-0.2, 0) is 10.0 Å². The van der Waals surface area contributed by atoms with E-state index in [9.17, 15) is 8.42 Å². The van der Waals surface area contributed by atoms with Crippen LogP contribution in [0.2, 0.25) is 10.0 Å². The predicted molar refractivity (Wildman–Crippen MR) is 95.6 cm³/mol. The van der Waals surface area contributed by atoms with Crippen LogP contribution in [0.1, 0.15) is 18.4 Å². The summed E-state index contributed by atoms with van der Waals surface area (Å²) in [7, 11) is -3.64. The van der Waals surface area contributed by atoms with Crippen LogP contribution in [0.3, 0.4) is 0 Å². The Bertz CT molecular complexity index is 859. The van der Waals surface area contributed by atoms with Crippen molar-refractivity contribution in [3.05, 3.63) is 46.2 Å². The van der Waals surface area contributed by atoms with Gasteiger partial charge in [0.15, 0.2) is 0 Å². The molecule has 0 aliphatic carbocycles.